The molecule has 1 heterocycles. The van der Waals surface area contributed by atoms with E-state index in [1.165, 1.54) is 18.3 Å². The molecular weight excluding hydrogens is 500 g/mol. The maximum atomic E-state index is 12.8. The number of carbonyl (C=O) groups excluding carboxylic acids is 3. The fourth-order valence-corrected chi connectivity index (χ4v) is 4.61. The molecule has 0 saturated carbocycles. The smallest absolute Gasteiger partial charge is 0.324 e. The molecule has 0 fully saturated rings. The van der Waals surface area contributed by atoms with Crippen LogP contribution >= 0.6 is 23.5 Å². The maximum Gasteiger partial charge on any atom is 0.324 e. The lowest BCUT2D eigenvalue weighted by Crippen LogP contribution is -2.60. The van der Waals surface area contributed by atoms with E-state index in [-0.39, 0.29) is 27.8 Å². The van der Waals surface area contributed by atoms with Crippen molar-refractivity contribution in [1.29, 1.82) is 0 Å². The van der Waals surface area contributed by atoms with Crippen LogP contribution in [0.1, 0.15) is 34.6 Å². The number of carbonyl (C=O) groups is 3. The van der Waals surface area contributed by atoms with Crippen LogP contribution in [0.15, 0.2) is 76.4 Å². The first-order valence-electron chi connectivity index (χ1n) is 11.1. The standard InChI is InChI=1S/C25H26N4O5S2/c1-17(15-35-24(32)19-10-6-4-7-11-19)22(30)26-21-14-29(27-34-21)28(3)23(31)18(2)16-36-25(33)20-12-8-5-9-13-20/h4-14,17-18H,15-16H2,1-3H3/t17-,18-/m1/s1. The Morgan fingerprint density at radius 1 is 0.944 bits per heavy atom. The monoisotopic (exact) mass is 526 g/mol. The summed E-state index contributed by atoms with van der Waals surface area (Å²) in [6.07, 6.45) is 1.32. The number of benzene rings is 2. The van der Waals surface area contributed by atoms with Gasteiger partial charge in [-0.25, -0.2) is 4.99 Å². The molecule has 0 saturated heterocycles. The van der Waals surface area contributed by atoms with Gasteiger partial charge in [-0.05, 0) is 11.8 Å². The largest absolute Gasteiger partial charge is 0.861 e. The molecule has 1 amide bonds. The Balaban J connectivity index is 1.52. The third-order valence-corrected chi connectivity index (χ3v) is 7.41. The van der Waals surface area contributed by atoms with Crippen molar-refractivity contribution in [1.82, 2.24) is 5.27 Å². The number of aliphatic imine (C=N–C) groups is 1. The molecule has 1 aromatic heterocycles. The van der Waals surface area contributed by atoms with Gasteiger partial charge in [-0.15, -0.1) is 0 Å². The fourth-order valence-electron chi connectivity index (χ4n) is 2.92. The van der Waals surface area contributed by atoms with Crippen LogP contribution in [0, 0.1) is 11.8 Å². The molecule has 9 nitrogen and oxygen atoms in total. The number of aromatic nitrogens is 2. The van der Waals surface area contributed by atoms with E-state index in [0.29, 0.717) is 16.9 Å². The van der Waals surface area contributed by atoms with E-state index in [2.05, 4.69) is 10.3 Å². The van der Waals surface area contributed by atoms with Gasteiger partial charge in [0.2, 0.25) is 15.5 Å². The van der Waals surface area contributed by atoms with Crippen LogP contribution in [0.4, 0.5) is 5.88 Å². The second kappa shape index (κ2) is 13.0. The first-order chi connectivity index (χ1) is 17.3. The van der Waals surface area contributed by atoms with E-state index in [1.807, 2.05) is 12.1 Å². The molecule has 2 aromatic carbocycles. The van der Waals surface area contributed by atoms with E-state index in [9.17, 15) is 19.5 Å². The Bertz CT molecular complexity index is 1220. The molecule has 0 radical (unpaired) electrons. The molecule has 11 heteroatoms. The molecule has 0 aliphatic carbocycles. The minimum Gasteiger partial charge on any atom is -0.861 e. The van der Waals surface area contributed by atoms with Crippen LogP contribution in [0.3, 0.4) is 0 Å². The van der Waals surface area contributed by atoms with Crippen molar-refractivity contribution in [3.63, 3.8) is 0 Å². The highest BCUT2D eigenvalue weighted by molar-refractivity contribution is 8.14. The highest BCUT2D eigenvalue weighted by atomic mass is 32.2. The van der Waals surface area contributed by atoms with Gasteiger partial charge in [0.15, 0.2) is 0 Å². The van der Waals surface area contributed by atoms with E-state index >= 15 is 0 Å². The van der Waals surface area contributed by atoms with Crippen molar-refractivity contribution in [2.24, 2.45) is 16.8 Å². The molecule has 0 spiro atoms. The molecular formula is C25H26N4O5S2. The van der Waals surface area contributed by atoms with Crippen LogP contribution in [0.25, 0.3) is 0 Å². The van der Waals surface area contributed by atoms with Gasteiger partial charge in [-0.1, -0.05) is 103 Å². The highest BCUT2D eigenvalue weighted by Gasteiger charge is 2.28. The van der Waals surface area contributed by atoms with Gasteiger partial charge in [0.05, 0.1) is 17.8 Å². The molecule has 3 rings (SSSR count). The summed E-state index contributed by atoms with van der Waals surface area (Å²) in [4.78, 5) is 42.3. The molecule has 0 bridgehead atoms. The summed E-state index contributed by atoms with van der Waals surface area (Å²) in [5.41, 5.74) is 1.15. The summed E-state index contributed by atoms with van der Waals surface area (Å²) in [6.45, 7) is 3.39. The van der Waals surface area contributed by atoms with Gasteiger partial charge in [-0.2, -0.15) is 0 Å². The van der Waals surface area contributed by atoms with Gasteiger partial charge < -0.3 is 5.11 Å². The third kappa shape index (κ3) is 7.53. The van der Waals surface area contributed by atoms with Crippen molar-refractivity contribution >= 4 is 51.4 Å². The Hall–Kier alpha value is -3.44. The van der Waals surface area contributed by atoms with Gasteiger partial charge in [0, 0.05) is 22.6 Å². The summed E-state index contributed by atoms with van der Waals surface area (Å²) in [5, 5.41) is 17.2. The van der Waals surface area contributed by atoms with Crippen LogP contribution in [-0.4, -0.2) is 45.9 Å². The number of hydrogen-bond donors (Lipinski definition) is 0. The second-order valence-electron chi connectivity index (χ2n) is 8.00. The lowest BCUT2D eigenvalue weighted by atomic mass is 10.2. The van der Waals surface area contributed by atoms with Crippen molar-refractivity contribution in [2.75, 3.05) is 23.6 Å². The number of rotatable bonds is 10. The fraction of sp³-hybridized carbons (Fsp3) is 0.280. The van der Waals surface area contributed by atoms with E-state index in [1.54, 1.807) is 62.4 Å². The summed E-state index contributed by atoms with van der Waals surface area (Å²) in [7, 11) is 1.51. The zero-order chi connectivity index (χ0) is 26.1. The Morgan fingerprint density at radius 3 is 1.97 bits per heavy atom. The predicted octanol–water partition coefficient (Wildman–Crippen LogP) is 2.87. The Morgan fingerprint density at radius 2 is 1.44 bits per heavy atom. The van der Waals surface area contributed by atoms with Gasteiger partial charge >= 0.3 is 5.88 Å². The average molecular weight is 527 g/mol. The summed E-state index contributed by atoms with van der Waals surface area (Å²) in [5.74, 6) is -1.26. The molecule has 0 unspecified atom stereocenters. The topological polar surface area (TPSA) is 120 Å². The highest BCUT2D eigenvalue weighted by Crippen LogP contribution is 2.18. The quantitative estimate of drug-likeness (QED) is 0.225. The Kier molecular flexibility index (Phi) is 9.83. The first-order valence-corrected chi connectivity index (χ1v) is 13.1. The normalized spacial score (nSPS) is 13.1. The van der Waals surface area contributed by atoms with Crippen molar-refractivity contribution in [3.8, 4) is 0 Å². The molecule has 0 aliphatic heterocycles. The number of hydrogen-bond acceptors (Lipinski definition) is 9. The molecule has 0 aliphatic rings. The third-order valence-electron chi connectivity index (χ3n) is 5.08. The SMILES string of the molecule is C[C@H](CSC(=O)c1ccccc1)C(=O)N(C)[n+]1cc(N=C([O-])[C@H](C)CSC(=O)c2ccccc2)on1. The molecule has 188 valence electrons. The van der Waals surface area contributed by atoms with E-state index in [4.69, 9.17) is 4.52 Å². The summed E-state index contributed by atoms with van der Waals surface area (Å²) < 4.78 is 5.09. The minimum absolute atomic E-state index is 0.0628. The number of nitrogens with zero attached hydrogens (tertiary/aromatic N) is 4. The first kappa shape index (κ1) is 27.2. The average Bonchev–Trinajstić information content (AvgIpc) is 3.38. The number of thioether (sulfide) groups is 2. The number of amides is 1. The van der Waals surface area contributed by atoms with Gasteiger partial charge in [0.1, 0.15) is 0 Å². The van der Waals surface area contributed by atoms with Gasteiger partial charge in [0.25, 0.3) is 12.1 Å². The zero-order valence-electron chi connectivity index (χ0n) is 20.1. The van der Waals surface area contributed by atoms with E-state index in [0.717, 1.165) is 28.3 Å². The van der Waals surface area contributed by atoms with Crippen LogP contribution < -0.4 is 14.9 Å². The molecule has 3 aromatic rings. The van der Waals surface area contributed by atoms with Crippen molar-refractivity contribution in [3.05, 3.63) is 78.0 Å². The van der Waals surface area contributed by atoms with Crippen LogP contribution in [0.2, 0.25) is 0 Å². The molecule has 36 heavy (non-hydrogen) atoms. The predicted molar refractivity (Wildman–Crippen MR) is 138 cm³/mol. The van der Waals surface area contributed by atoms with E-state index < -0.39 is 17.7 Å². The Labute approximate surface area is 217 Å². The summed E-state index contributed by atoms with van der Waals surface area (Å²) in [6, 6.07) is 17.7. The maximum absolute atomic E-state index is 12.8. The second-order valence-corrected chi connectivity index (χ2v) is 9.99. The minimum atomic E-state index is -0.528. The van der Waals surface area contributed by atoms with Crippen LogP contribution in [-0.2, 0) is 4.79 Å². The van der Waals surface area contributed by atoms with Crippen LogP contribution in [0.5, 0.6) is 0 Å². The molecule has 2 atom stereocenters. The molecule has 0 N–H and O–H groups in total. The summed E-state index contributed by atoms with van der Waals surface area (Å²) >= 11 is 2.12. The zero-order valence-corrected chi connectivity index (χ0v) is 21.7. The van der Waals surface area contributed by atoms with Gasteiger partial charge in [-0.3, -0.25) is 18.9 Å². The lowest BCUT2D eigenvalue weighted by Gasteiger charge is -2.16. The lowest BCUT2D eigenvalue weighted by molar-refractivity contribution is -0.747. The van der Waals surface area contributed by atoms with Crippen molar-refractivity contribution < 1.29 is 28.8 Å². The van der Waals surface area contributed by atoms with Crippen molar-refractivity contribution in [2.45, 2.75) is 13.8 Å².